The SMILES string of the molecule is CCN(CC)CCSCC(=O)N1CCCC(C(C)N)C1.Cl.Cl. The van der Waals surface area contributed by atoms with Gasteiger partial charge in [-0.25, -0.2) is 0 Å². The fourth-order valence-electron chi connectivity index (χ4n) is 2.65. The number of hydrogen-bond acceptors (Lipinski definition) is 4. The van der Waals surface area contributed by atoms with E-state index in [2.05, 4.69) is 25.7 Å². The van der Waals surface area contributed by atoms with Crippen molar-refractivity contribution in [3.05, 3.63) is 0 Å². The second-order valence-electron chi connectivity index (χ2n) is 5.68. The average Bonchev–Trinajstić information content (AvgIpc) is 2.47. The molecule has 2 atom stereocenters. The molecule has 0 aliphatic carbocycles. The van der Waals surface area contributed by atoms with Crippen LogP contribution in [0.1, 0.15) is 33.6 Å². The minimum absolute atomic E-state index is 0. The van der Waals surface area contributed by atoms with Gasteiger partial charge in [0.15, 0.2) is 0 Å². The normalized spacial score (nSPS) is 19.3. The quantitative estimate of drug-likeness (QED) is 0.664. The smallest absolute Gasteiger partial charge is 0.232 e. The van der Waals surface area contributed by atoms with E-state index in [-0.39, 0.29) is 30.9 Å². The number of nitrogens with zero attached hydrogens (tertiary/aromatic N) is 2. The number of likely N-dealkylation sites (tertiary alicyclic amines) is 1. The molecule has 2 N–H and O–H groups in total. The topological polar surface area (TPSA) is 49.6 Å². The first-order valence-electron chi connectivity index (χ1n) is 7.91. The first-order chi connectivity index (χ1) is 9.58. The highest BCUT2D eigenvalue weighted by Gasteiger charge is 2.25. The molecule has 0 aromatic carbocycles. The van der Waals surface area contributed by atoms with Gasteiger partial charge in [0.1, 0.15) is 0 Å². The van der Waals surface area contributed by atoms with Crippen molar-refractivity contribution >= 4 is 42.5 Å². The lowest BCUT2D eigenvalue weighted by molar-refractivity contribution is -0.130. The molecule has 1 aliphatic heterocycles. The zero-order valence-electron chi connectivity index (χ0n) is 14.1. The van der Waals surface area contributed by atoms with E-state index in [9.17, 15) is 4.79 Å². The van der Waals surface area contributed by atoms with Crippen LogP contribution in [0.25, 0.3) is 0 Å². The minimum atomic E-state index is 0. The molecule has 0 aromatic heterocycles. The molecular weight excluding hydrogens is 341 g/mol. The molecule has 0 bridgehead atoms. The molecule has 0 radical (unpaired) electrons. The molecule has 1 amide bonds. The average molecular weight is 374 g/mol. The van der Waals surface area contributed by atoms with E-state index in [4.69, 9.17) is 5.73 Å². The van der Waals surface area contributed by atoms with Crippen molar-refractivity contribution in [3.63, 3.8) is 0 Å². The summed E-state index contributed by atoms with van der Waals surface area (Å²) < 4.78 is 0. The molecule has 22 heavy (non-hydrogen) atoms. The van der Waals surface area contributed by atoms with Crippen molar-refractivity contribution < 1.29 is 4.79 Å². The summed E-state index contributed by atoms with van der Waals surface area (Å²) in [5.41, 5.74) is 5.97. The van der Waals surface area contributed by atoms with Crippen LogP contribution in [0.3, 0.4) is 0 Å². The minimum Gasteiger partial charge on any atom is -0.342 e. The van der Waals surface area contributed by atoms with E-state index >= 15 is 0 Å². The third-order valence-electron chi connectivity index (χ3n) is 4.23. The fourth-order valence-corrected chi connectivity index (χ4v) is 3.54. The van der Waals surface area contributed by atoms with Crippen LogP contribution in [0.5, 0.6) is 0 Å². The molecule has 2 unspecified atom stereocenters. The maximum Gasteiger partial charge on any atom is 0.232 e. The number of halogens is 2. The fraction of sp³-hybridized carbons (Fsp3) is 0.933. The van der Waals surface area contributed by atoms with Gasteiger partial charge >= 0.3 is 0 Å². The van der Waals surface area contributed by atoms with Crippen molar-refractivity contribution in [2.24, 2.45) is 11.7 Å². The summed E-state index contributed by atoms with van der Waals surface area (Å²) in [7, 11) is 0. The predicted molar refractivity (Wildman–Crippen MR) is 103 cm³/mol. The number of rotatable bonds is 8. The third-order valence-corrected chi connectivity index (χ3v) is 5.15. The molecule has 0 aromatic rings. The Balaban J connectivity index is 0. The zero-order valence-corrected chi connectivity index (χ0v) is 16.6. The number of nitrogens with two attached hydrogens (primary N) is 1. The lowest BCUT2D eigenvalue weighted by atomic mass is 9.92. The van der Waals surface area contributed by atoms with Gasteiger partial charge in [0.05, 0.1) is 5.75 Å². The second-order valence-corrected chi connectivity index (χ2v) is 6.79. The number of amides is 1. The number of thioether (sulfide) groups is 1. The summed E-state index contributed by atoms with van der Waals surface area (Å²) >= 11 is 1.76. The van der Waals surface area contributed by atoms with Crippen LogP contribution < -0.4 is 5.73 Å². The largest absolute Gasteiger partial charge is 0.342 e. The van der Waals surface area contributed by atoms with Crippen LogP contribution in [-0.2, 0) is 4.79 Å². The van der Waals surface area contributed by atoms with Gasteiger partial charge in [-0.1, -0.05) is 13.8 Å². The van der Waals surface area contributed by atoms with Crippen LogP contribution >= 0.6 is 36.6 Å². The number of carbonyl (C=O) groups is 1. The molecular formula is C15H33Cl2N3OS. The standard InChI is InChI=1S/C15H31N3OS.2ClH/c1-4-17(5-2)9-10-20-12-15(19)18-8-6-7-14(11-18)13(3)16;;/h13-14H,4-12,16H2,1-3H3;2*1H. The Hall–Kier alpha value is 0.320. The molecule has 1 heterocycles. The van der Waals surface area contributed by atoms with Crippen molar-refractivity contribution in [2.45, 2.75) is 39.7 Å². The van der Waals surface area contributed by atoms with Gasteiger partial charge in [-0.05, 0) is 38.8 Å². The zero-order chi connectivity index (χ0) is 15.0. The number of hydrogen-bond donors (Lipinski definition) is 1. The summed E-state index contributed by atoms with van der Waals surface area (Å²) in [4.78, 5) is 16.6. The van der Waals surface area contributed by atoms with Crippen LogP contribution in [0.2, 0.25) is 0 Å². The van der Waals surface area contributed by atoms with E-state index in [1.54, 1.807) is 11.8 Å². The monoisotopic (exact) mass is 373 g/mol. The highest BCUT2D eigenvalue weighted by molar-refractivity contribution is 7.99. The number of piperidine rings is 1. The van der Waals surface area contributed by atoms with Gasteiger partial charge in [0.2, 0.25) is 5.91 Å². The Morgan fingerprint density at radius 1 is 1.36 bits per heavy atom. The molecule has 0 spiro atoms. The van der Waals surface area contributed by atoms with Crippen LogP contribution in [0, 0.1) is 5.92 Å². The van der Waals surface area contributed by atoms with Crippen LogP contribution in [0.4, 0.5) is 0 Å². The Morgan fingerprint density at radius 2 is 2.00 bits per heavy atom. The van der Waals surface area contributed by atoms with E-state index in [1.165, 1.54) is 0 Å². The van der Waals surface area contributed by atoms with Gasteiger partial charge in [0, 0.05) is 31.4 Å². The van der Waals surface area contributed by atoms with E-state index < -0.39 is 0 Å². The van der Waals surface area contributed by atoms with Crippen molar-refractivity contribution in [2.75, 3.05) is 44.2 Å². The maximum absolute atomic E-state index is 12.2. The van der Waals surface area contributed by atoms with Crippen LogP contribution in [-0.4, -0.2) is 66.0 Å². The molecule has 1 rings (SSSR count). The molecule has 1 aliphatic rings. The Kier molecular flexibility index (Phi) is 15.3. The molecule has 7 heteroatoms. The predicted octanol–water partition coefficient (Wildman–Crippen LogP) is 2.49. The van der Waals surface area contributed by atoms with Crippen molar-refractivity contribution in [1.82, 2.24) is 9.80 Å². The summed E-state index contributed by atoms with van der Waals surface area (Å²) in [6, 6.07) is 0.195. The Labute approximate surface area is 152 Å². The van der Waals surface area contributed by atoms with Gasteiger partial charge in [0.25, 0.3) is 0 Å². The van der Waals surface area contributed by atoms with Gasteiger partial charge in [-0.3, -0.25) is 4.79 Å². The lowest BCUT2D eigenvalue weighted by Gasteiger charge is -2.34. The first-order valence-corrected chi connectivity index (χ1v) is 9.07. The summed E-state index contributed by atoms with van der Waals surface area (Å²) in [5.74, 6) is 2.43. The summed E-state index contributed by atoms with van der Waals surface area (Å²) in [6.07, 6.45) is 2.26. The third kappa shape index (κ3) is 8.82. The molecule has 1 saturated heterocycles. The summed E-state index contributed by atoms with van der Waals surface area (Å²) in [6.45, 7) is 11.4. The molecule has 134 valence electrons. The number of carbonyl (C=O) groups excluding carboxylic acids is 1. The molecule has 1 fully saturated rings. The van der Waals surface area contributed by atoms with E-state index in [0.29, 0.717) is 17.6 Å². The van der Waals surface area contributed by atoms with Gasteiger partial charge in [-0.15, -0.1) is 24.8 Å². The van der Waals surface area contributed by atoms with Crippen molar-refractivity contribution in [1.29, 1.82) is 0 Å². The van der Waals surface area contributed by atoms with Gasteiger partial charge in [-0.2, -0.15) is 11.8 Å². The van der Waals surface area contributed by atoms with Gasteiger partial charge < -0.3 is 15.5 Å². The Morgan fingerprint density at radius 3 is 2.55 bits per heavy atom. The first kappa shape index (κ1) is 24.6. The van der Waals surface area contributed by atoms with Crippen LogP contribution in [0.15, 0.2) is 0 Å². The summed E-state index contributed by atoms with van der Waals surface area (Å²) in [5, 5.41) is 0. The second kappa shape index (κ2) is 13.7. The van der Waals surface area contributed by atoms with E-state index in [1.807, 2.05) is 4.90 Å². The van der Waals surface area contributed by atoms with E-state index in [0.717, 1.165) is 51.3 Å². The highest BCUT2D eigenvalue weighted by Crippen LogP contribution is 2.19. The lowest BCUT2D eigenvalue weighted by Crippen LogP contribution is -2.45. The highest BCUT2D eigenvalue weighted by atomic mass is 35.5. The Bertz CT molecular complexity index is 292. The van der Waals surface area contributed by atoms with Crippen molar-refractivity contribution in [3.8, 4) is 0 Å². The molecule has 0 saturated carbocycles. The maximum atomic E-state index is 12.2. The molecule has 4 nitrogen and oxygen atoms in total.